The predicted octanol–water partition coefficient (Wildman–Crippen LogP) is 31.5. The number of hydrogen-bond donors (Lipinski definition) is 0. The first-order chi connectivity index (χ1) is 63.5. The summed E-state index contributed by atoms with van der Waals surface area (Å²) in [5, 5.41) is 31.1. The van der Waals surface area contributed by atoms with Gasteiger partial charge in [-0.1, -0.05) is 328 Å². The van der Waals surface area contributed by atoms with Crippen molar-refractivity contribution < 1.29 is 0 Å². The molecule has 0 aliphatic rings. The maximum absolute atomic E-state index is 5.54. The van der Waals surface area contributed by atoms with E-state index in [1.807, 2.05) is 0 Å². The lowest BCUT2D eigenvalue weighted by Crippen LogP contribution is -2.04. The fourth-order valence-corrected chi connectivity index (χ4v) is 21.4. The molecule has 128 heavy (non-hydrogen) atoms. The van der Waals surface area contributed by atoms with Crippen molar-refractivity contribution >= 4 is 195 Å². The van der Waals surface area contributed by atoms with Crippen molar-refractivity contribution in [2.24, 2.45) is 0 Å². The minimum absolute atomic E-state index is 0.654. The van der Waals surface area contributed by atoms with Gasteiger partial charge in [0.2, 0.25) is 11.9 Å². The van der Waals surface area contributed by atoms with E-state index in [9.17, 15) is 0 Å². The average molecular weight is 1630 g/mol. The summed E-state index contributed by atoms with van der Waals surface area (Å²) < 4.78 is 9.42. The average Bonchev–Trinajstić information content (AvgIpc) is 1.50. The van der Waals surface area contributed by atoms with Crippen LogP contribution in [0.2, 0.25) is 0 Å². The highest BCUT2D eigenvalue weighted by molar-refractivity contribution is 6.40. The van der Waals surface area contributed by atoms with Crippen molar-refractivity contribution in [3.05, 3.63) is 437 Å². The van der Waals surface area contributed by atoms with Crippen molar-refractivity contribution in [2.45, 2.75) is 0 Å². The first-order valence-electron chi connectivity index (χ1n) is 43.8. The topological polar surface area (TPSA) is 71.3 Å². The van der Waals surface area contributed by atoms with Crippen molar-refractivity contribution in [3.8, 4) is 68.0 Å². The molecule has 6 heterocycles. The standard InChI is InChI=1S/2C60H36N4/c2*1-2-18-41(19-3-1)63-53-28-14-11-22-44(53)50-35-39(32-33-55(50)63)49-36-51-43-21-7-9-24-46(43)59-57(56(51)45-23-8-6-20-42(45)49)48-26-12-15-29-54(48)64(59)60-61-52-27-13-10-25-47(52)58(62-60)40-31-30-37-16-4-5-17-38(37)34-40/h2*1-36H. The van der Waals surface area contributed by atoms with Crippen LogP contribution in [0.4, 0.5) is 0 Å². The van der Waals surface area contributed by atoms with Crippen LogP contribution in [0.25, 0.3) is 263 Å². The molecule has 0 fully saturated rings. The fraction of sp³-hybridized carbons (Fsp3) is 0. The van der Waals surface area contributed by atoms with Gasteiger partial charge < -0.3 is 9.13 Å². The highest BCUT2D eigenvalue weighted by atomic mass is 15.2. The van der Waals surface area contributed by atoms with Crippen LogP contribution in [0.15, 0.2) is 437 Å². The third kappa shape index (κ3) is 10.8. The van der Waals surface area contributed by atoms with E-state index in [4.69, 9.17) is 19.9 Å². The summed E-state index contributed by atoms with van der Waals surface area (Å²) in [5.41, 5.74) is 22.1. The van der Waals surface area contributed by atoms with Gasteiger partial charge in [0.15, 0.2) is 0 Å². The van der Waals surface area contributed by atoms with E-state index >= 15 is 0 Å². The molecule has 0 aliphatic heterocycles. The lowest BCUT2D eigenvalue weighted by molar-refractivity contribution is 1.02. The van der Waals surface area contributed by atoms with E-state index in [0.29, 0.717) is 11.9 Å². The van der Waals surface area contributed by atoms with Crippen molar-refractivity contribution in [3.63, 3.8) is 0 Å². The summed E-state index contributed by atoms with van der Waals surface area (Å²) in [6, 6.07) is 158. The molecule has 0 saturated carbocycles. The van der Waals surface area contributed by atoms with Crippen LogP contribution in [0, 0.1) is 0 Å². The van der Waals surface area contributed by atoms with Gasteiger partial charge in [-0.3, -0.25) is 9.13 Å². The Hall–Kier alpha value is -17.2. The number of benzene rings is 22. The second-order valence-electron chi connectivity index (χ2n) is 33.8. The van der Waals surface area contributed by atoms with Crippen LogP contribution in [0.1, 0.15) is 0 Å². The van der Waals surface area contributed by atoms with Gasteiger partial charge in [0, 0.05) is 97.9 Å². The molecule has 8 heteroatoms. The summed E-state index contributed by atoms with van der Waals surface area (Å²) >= 11 is 0. The van der Waals surface area contributed by atoms with Crippen LogP contribution >= 0.6 is 0 Å². The highest BCUT2D eigenvalue weighted by Crippen LogP contribution is 2.52. The zero-order valence-corrected chi connectivity index (χ0v) is 69.1. The summed E-state index contributed by atoms with van der Waals surface area (Å²) in [7, 11) is 0. The van der Waals surface area contributed by atoms with Crippen molar-refractivity contribution in [2.75, 3.05) is 0 Å². The molecular weight excluding hydrogens is 1550 g/mol. The van der Waals surface area contributed by atoms with E-state index in [1.165, 1.54) is 163 Å². The summed E-state index contributed by atoms with van der Waals surface area (Å²) in [6.07, 6.45) is 0. The minimum atomic E-state index is 0.654. The largest absolute Gasteiger partial charge is 0.309 e. The van der Waals surface area contributed by atoms with Crippen LogP contribution in [-0.2, 0) is 0 Å². The molecule has 0 saturated heterocycles. The smallest absolute Gasteiger partial charge is 0.235 e. The van der Waals surface area contributed by atoms with Crippen LogP contribution < -0.4 is 0 Å². The second kappa shape index (κ2) is 28.2. The third-order valence-corrected chi connectivity index (χ3v) is 26.9. The number of hydrogen-bond acceptors (Lipinski definition) is 4. The van der Waals surface area contributed by atoms with Crippen LogP contribution in [0.5, 0.6) is 0 Å². The van der Waals surface area contributed by atoms with E-state index in [2.05, 4.69) is 455 Å². The van der Waals surface area contributed by atoms with Gasteiger partial charge in [-0.2, -0.15) is 0 Å². The zero-order valence-electron chi connectivity index (χ0n) is 69.1. The molecule has 8 nitrogen and oxygen atoms in total. The Morgan fingerprint density at radius 3 is 0.875 bits per heavy atom. The van der Waals surface area contributed by atoms with Gasteiger partial charge >= 0.3 is 0 Å². The molecule has 22 aromatic carbocycles. The molecule has 592 valence electrons. The molecule has 0 amide bonds. The summed E-state index contributed by atoms with van der Waals surface area (Å²) in [5.74, 6) is 1.31. The molecule has 6 aromatic heterocycles. The molecule has 0 unspecified atom stereocenters. The van der Waals surface area contributed by atoms with Gasteiger partial charge in [0.1, 0.15) is 0 Å². The van der Waals surface area contributed by atoms with Crippen LogP contribution in [0.3, 0.4) is 0 Å². The van der Waals surface area contributed by atoms with E-state index < -0.39 is 0 Å². The number of fused-ring (bicyclic) bond motifs is 30. The monoisotopic (exact) mass is 1620 g/mol. The Labute approximate surface area is 733 Å². The van der Waals surface area contributed by atoms with Crippen molar-refractivity contribution in [1.82, 2.24) is 38.2 Å². The summed E-state index contributed by atoms with van der Waals surface area (Å²) in [4.78, 5) is 21.9. The zero-order chi connectivity index (χ0) is 83.8. The quantitative estimate of drug-likeness (QED) is 0.142. The molecule has 0 radical (unpaired) electrons. The Bertz CT molecular complexity index is 9060. The predicted molar refractivity (Wildman–Crippen MR) is 538 cm³/mol. The Morgan fingerprint density at radius 1 is 0.156 bits per heavy atom. The molecule has 0 spiro atoms. The number of rotatable bonds is 8. The SMILES string of the molecule is c1ccc(-n2c3ccccc3c3cc(-c4cc5c6ccccc6c6c(c7ccccc7n6-c6nc(-c7ccc8ccccc8c7)c7ccccc7n6)c5c5ccccc45)ccc32)cc1.c1ccc(-n2c3ccccc3c3cc(-c4cc5c6ccccc6c6c(c7ccccc7n6-c6nc(-c7ccc8ccccc8c7)c7ccccc7n6)c5c5ccccc45)ccc32)cc1. The van der Waals surface area contributed by atoms with Crippen LogP contribution in [-0.4, -0.2) is 38.2 Å². The summed E-state index contributed by atoms with van der Waals surface area (Å²) in [6.45, 7) is 0. The number of para-hydroxylation sites is 8. The first kappa shape index (κ1) is 71.4. The highest BCUT2D eigenvalue weighted by Gasteiger charge is 2.28. The maximum atomic E-state index is 5.54. The van der Waals surface area contributed by atoms with Gasteiger partial charge in [-0.25, -0.2) is 19.9 Å². The fourth-order valence-electron chi connectivity index (χ4n) is 21.4. The lowest BCUT2D eigenvalue weighted by Gasteiger charge is -2.16. The number of aromatic nitrogens is 8. The molecule has 28 aromatic rings. The van der Waals surface area contributed by atoms with E-state index in [0.717, 1.165) is 88.5 Å². The van der Waals surface area contributed by atoms with Gasteiger partial charge in [-0.15, -0.1) is 0 Å². The Morgan fingerprint density at radius 2 is 0.461 bits per heavy atom. The second-order valence-corrected chi connectivity index (χ2v) is 33.8. The lowest BCUT2D eigenvalue weighted by atomic mass is 9.88. The Balaban J connectivity index is 0.000000132. The molecule has 0 aliphatic carbocycles. The number of nitrogens with zero attached hydrogens (tertiary/aromatic N) is 8. The van der Waals surface area contributed by atoms with E-state index in [-0.39, 0.29) is 0 Å². The molecule has 28 rings (SSSR count). The molecule has 0 N–H and O–H groups in total. The first-order valence-corrected chi connectivity index (χ1v) is 43.8. The normalized spacial score (nSPS) is 12.1. The van der Waals surface area contributed by atoms with Crippen molar-refractivity contribution in [1.29, 1.82) is 0 Å². The maximum Gasteiger partial charge on any atom is 0.235 e. The molecular formula is C120H72N8. The van der Waals surface area contributed by atoms with Gasteiger partial charge in [-0.05, 0) is 196 Å². The van der Waals surface area contributed by atoms with E-state index in [1.54, 1.807) is 0 Å². The molecule has 0 atom stereocenters. The Kier molecular flexibility index (Phi) is 15.7. The van der Waals surface area contributed by atoms with Gasteiger partial charge in [0.25, 0.3) is 0 Å². The third-order valence-electron chi connectivity index (χ3n) is 26.9. The van der Waals surface area contributed by atoms with Gasteiger partial charge in [0.05, 0.1) is 66.6 Å². The minimum Gasteiger partial charge on any atom is -0.309 e. The molecule has 0 bridgehead atoms.